The van der Waals surface area contributed by atoms with Gasteiger partial charge >= 0.3 is 39.5 Å². The highest BCUT2D eigenvalue weighted by Crippen LogP contribution is 2.45. The van der Waals surface area contributed by atoms with Crippen LogP contribution in [0, 0.1) is 5.92 Å². The fraction of sp³-hybridized carbons (Fsp3) is 0.943. The Morgan fingerprint density at radius 3 is 0.764 bits per heavy atom. The maximum Gasteiger partial charge on any atom is 0.472 e. The number of carbonyl (C=O) groups excluding carboxylic acids is 4. The van der Waals surface area contributed by atoms with Crippen molar-refractivity contribution < 1.29 is 80.2 Å². The predicted molar refractivity (Wildman–Crippen MR) is 358 cm³/mol. The first-order chi connectivity index (χ1) is 43.0. The first-order valence-electron chi connectivity index (χ1n) is 36.6. The fourth-order valence-corrected chi connectivity index (χ4v) is 12.2. The molecule has 0 amide bonds. The Balaban J connectivity index is 5.25. The second-order valence-electron chi connectivity index (χ2n) is 25.7. The summed E-state index contributed by atoms with van der Waals surface area (Å²) in [5, 5.41) is 10.6. The van der Waals surface area contributed by atoms with Gasteiger partial charge in [-0.15, -0.1) is 0 Å². The Labute approximate surface area is 543 Å². The number of phosphoric acid groups is 2. The normalized spacial score (nSPS) is 14.1. The lowest BCUT2D eigenvalue weighted by Crippen LogP contribution is -2.30. The van der Waals surface area contributed by atoms with Gasteiger partial charge in [-0.25, -0.2) is 9.13 Å². The first kappa shape index (κ1) is 87.1. The number of aliphatic hydroxyl groups is 1. The van der Waals surface area contributed by atoms with Gasteiger partial charge in [0.15, 0.2) is 12.2 Å². The van der Waals surface area contributed by atoms with E-state index in [0.717, 1.165) is 95.8 Å². The Bertz CT molecular complexity index is 1720. The Kier molecular flexibility index (Phi) is 62.1. The van der Waals surface area contributed by atoms with Gasteiger partial charge < -0.3 is 33.8 Å². The van der Waals surface area contributed by atoms with Crippen LogP contribution in [0.3, 0.4) is 0 Å². The van der Waals surface area contributed by atoms with Gasteiger partial charge in [0.25, 0.3) is 0 Å². The van der Waals surface area contributed by atoms with Crippen molar-refractivity contribution in [2.45, 2.75) is 380 Å². The van der Waals surface area contributed by atoms with Crippen LogP contribution in [-0.4, -0.2) is 96.7 Å². The Morgan fingerprint density at radius 1 is 0.303 bits per heavy atom. The summed E-state index contributed by atoms with van der Waals surface area (Å²) in [6.45, 7) is 7.25. The van der Waals surface area contributed by atoms with Crippen molar-refractivity contribution in [1.29, 1.82) is 0 Å². The van der Waals surface area contributed by atoms with Crippen LogP contribution in [0.25, 0.3) is 0 Å². The maximum absolute atomic E-state index is 13.0. The lowest BCUT2D eigenvalue weighted by atomic mass is 10.0. The molecule has 89 heavy (non-hydrogen) atoms. The van der Waals surface area contributed by atoms with Crippen LogP contribution in [0.1, 0.15) is 362 Å². The molecule has 0 heterocycles. The SMILES string of the molecule is CCCCCCCCCCCCCCCC(=O)OC[C@H](COP(=O)(O)OC[C@@H](O)COP(=O)(O)OC[C@@H](COC(=O)CCCCCCCCCCCC)OC(=O)CCCCCCCCCCCCCC)OC(=O)CCCCCCCCCCCCCC(C)C. The molecule has 0 bridgehead atoms. The lowest BCUT2D eigenvalue weighted by molar-refractivity contribution is -0.161. The molecule has 5 atom stereocenters. The third-order valence-corrected chi connectivity index (χ3v) is 18.2. The van der Waals surface area contributed by atoms with Crippen molar-refractivity contribution in [2.24, 2.45) is 5.92 Å². The standard InChI is InChI=1S/C70H136O17P2/c1-6-9-12-15-18-21-24-26-30-34-39-44-49-54-68(73)81-60-66(87-70(75)56-51-46-41-36-31-27-28-32-37-42-47-52-63(4)5)62-85-89(78,79)83-58-64(71)57-82-88(76,77)84-61-65(59-80-67(72)53-48-43-38-33-23-20-17-14-11-8-3)86-69(74)55-50-45-40-35-29-25-22-19-16-13-10-7-2/h63-66,71H,6-62H2,1-5H3,(H,76,77)(H,78,79)/t64-,65+,66+/m0/s1. The molecular weight excluding hydrogens is 1170 g/mol. The maximum atomic E-state index is 13.0. The second-order valence-corrected chi connectivity index (χ2v) is 28.7. The molecule has 0 aliphatic heterocycles. The molecule has 0 radical (unpaired) electrons. The number of ether oxygens (including phenoxy) is 4. The van der Waals surface area contributed by atoms with E-state index in [0.29, 0.717) is 25.7 Å². The molecule has 0 aromatic carbocycles. The summed E-state index contributed by atoms with van der Waals surface area (Å²) >= 11 is 0. The molecule has 19 heteroatoms. The number of aliphatic hydroxyl groups excluding tert-OH is 1. The molecule has 3 N–H and O–H groups in total. The molecule has 0 spiro atoms. The minimum Gasteiger partial charge on any atom is -0.462 e. The van der Waals surface area contributed by atoms with E-state index in [1.807, 2.05) is 0 Å². The minimum absolute atomic E-state index is 0.107. The number of rotatable bonds is 70. The van der Waals surface area contributed by atoms with Gasteiger partial charge in [0.1, 0.15) is 19.3 Å². The number of esters is 4. The number of hydrogen-bond acceptors (Lipinski definition) is 15. The molecule has 0 saturated carbocycles. The van der Waals surface area contributed by atoms with Gasteiger partial charge in [0.05, 0.1) is 26.4 Å². The van der Waals surface area contributed by atoms with E-state index in [9.17, 15) is 43.2 Å². The van der Waals surface area contributed by atoms with Crippen molar-refractivity contribution in [3.63, 3.8) is 0 Å². The predicted octanol–water partition coefficient (Wildman–Crippen LogP) is 20.1. The average molecular weight is 1310 g/mol. The molecule has 0 saturated heterocycles. The number of carbonyl (C=O) groups is 4. The molecule has 0 aromatic heterocycles. The van der Waals surface area contributed by atoms with E-state index in [-0.39, 0.29) is 25.7 Å². The second kappa shape index (κ2) is 63.5. The van der Waals surface area contributed by atoms with Crippen LogP contribution in [0.5, 0.6) is 0 Å². The van der Waals surface area contributed by atoms with Gasteiger partial charge in [0.2, 0.25) is 0 Å². The molecular formula is C70H136O17P2. The average Bonchev–Trinajstić information content (AvgIpc) is 3.56. The van der Waals surface area contributed by atoms with Crippen LogP contribution >= 0.6 is 15.6 Å². The number of hydrogen-bond donors (Lipinski definition) is 3. The van der Waals surface area contributed by atoms with Crippen LogP contribution in [0.4, 0.5) is 0 Å². The molecule has 0 aliphatic rings. The van der Waals surface area contributed by atoms with Crippen LogP contribution in [0.2, 0.25) is 0 Å². The zero-order valence-electron chi connectivity index (χ0n) is 57.6. The summed E-state index contributed by atoms with van der Waals surface area (Å²) in [6, 6.07) is 0. The summed E-state index contributed by atoms with van der Waals surface area (Å²) < 4.78 is 68.3. The van der Waals surface area contributed by atoms with Gasteiger partial charge in [-0.05, 0) is 31.6 Å². The fourth-order valence-electron chi connectivity index (χ4n) is 10.6. The molecule has 17 nitrogen and oxygen atoms in total. The number of phosphoric ester groups is 2. The third kappa shape index (κ3) is 64.6. The summed E-state index contributed by atoms with van der Waals surface area (Å²) in [5.41, 5.74) is 0. The summed E-state index contributed by atoms with van der Waals surface area (Å²) in [4.78, 5) is 72.5. The van der Waals surface area contributed by atoms with E-state index in [2.05, 4.69) is 34.6 Å². The topological polar surface area (TPSA) is 237 Å². The van der Waals surface area contributed by atoms with Gasteiger partial charge in [0, 0.05) is 25.7 Å². The highest BCUT2D eigenvalue weighted by atomic mass is 31.2. The monoisotopic (exact) mass is 1310 g/mol. The molecule has 2 unspecified atom stereocenters. The van der Waals surface area contributed by atoms with E-state index in [1.54, 1.807) is 0 Å². The smallest absolute Gasteiger partial charge is 0.462 e. The van der Waals surface area contributed by atoms with Crippen molar-refractivity contribution >= 4 is 39.5 Å². The zero-order valence-corrected chi connectivity index (χ0v) is 59.4. The molecule has 528 valence electrons. The van der Waals surface area contributed by atoms with E-state index < -0.39 is 97.5 Å². The summed E-state index contributed by atoms with van der Waals surface area (Å²) in [6.07, 6.45) is 49.7. The minimum atomic E-state index is -4.95. The van der Waals surface area contributed by atoms with Crippen molar-refractivity contribution in [3.8, 4) is 0 Å². The van der Waals surface area contributed by atoms with Gasteiger partial charge in [-0.3, -0.25) is 37.3 Å². The molecule has 0 aliphatic carbocycles. The largest absolute Gasteiger partial charge is 0.472 e. The van der Waals surface area contributed by atoms with Crippen molar-refractivity contribution in [3.05, 3.63) is 0 Å². The molecule has 0 fully saturated rings. The number of unbranched alkanes of at least 4 members (excludes halogenated alkanes) is 42. The summed E-state index contributed by atoms with van der Waals surface area (Å²) in [7, 11) is -9.90. The van der Waals surface area contributed by atoms with Crippen molar-refractivity contribution in [1.82, 2.24) is 0 Å². The Morgan fingerprint density at radius 2 is 0.517 bits per heavy atom. The van der Waals surface area contributed by atoms with Crippen LogP contribution in [-0.2, 0) is 65.4 Å². The van der Waals surface area contributed by atoms with Crippen molar-refractivity contribution in [2.75, 3.05) is 39.6 Å². The highest BCUT2D eigenvalue weighted by Gasteiger charge is 2.30. The molecule has 0 rings (SSSR count). The van der Waals surface area contributed by atoms with Gasteiger partial charge in [-0.1, -0.05) is 311 Å². The highest BCUT2D eigenvalue weighted by molar-refractivity contribution is 7.47. The van der Waals surface area contributed by atoms with E-state index >= 15 is 0 Å². The van der Waals surface area contributed by atoms with Crippen LogP contribution < -0.4 is 0 Å². The van der Waals surface area contributed by atoms with Crippen LogP contribution in [0.15, 0.2) is 0 Å². The van der Waals surface area contributed by atoms with Gasteiger partial charge in [-0.2, -0.15) is 0 Å². The third-order valence-electron chi connectivity index (χ3n) is 16.3. The Hall–Kier alpha value is -1.94. The first-order valence-corrected chi connectivity index (χ1v) is 39.6. The summed E-state index contributed by atoms with van der Waals surface area (Å²) in [5.74, 6) is -1.35. The van der Waals surface area contributed by atoms with E-state index in [1.165, 1.54) is 186 Å². The van der Waals surface area contributed by atoms with E-state index in [4.69, 9.17) is 37.0 Å². The zero-order chi connectivity index (χ0) is 65.6. The lowest BCUT2D eigenvalue weighted by Gasteiger charge is -2.21. The quantitative estimate of drug-likeness (QED) is 0.0222. The molecule has 0 aromatic rings.